The third kappa shape index (κ3) is 11.6. The molecule has 0 saturated heterocycles. The molecule has 0 aromatic heterocycles. The molecule has 0 radical (unpaired) electrons. The highest BCUT2D eigenvalue weighted by atomic mass is 28.5. The van der Waals surface area contributed by atoms with Gasteiger partial charge in [-0.3, -0.25) is 0 Å². The van der Waals surface area contributed by atoms with E-state index in [0.29, 0.717) is 6.61 Å². The molecule has 0 aromatic carbocycles. The average Bonchev–Trinajstić information content (AvgIpc) is 2.23. The van der Waals surface area contributed by atoms with Crippen LogP contribution in [0.2, 0.25) is 26.2 Å². The molecule has 0 amide bonds. The third-order valence-electron chi connectivity index (χ3n) is 2.64. The molecule has 5 heteroatoms. The van der Waals surface area contributed by atoms with E-state index in [9.17, 15) is 0 Å². The summed E-state index contributed by atoms with van der Waals surface area (Å²) in [5.41, 5.74) is 0. The van der Waals surface area contributed by atoms with E-state index in [0.717, 1.165) is 25.4 Å². The minimum absolute atomic E-state index is 0.695. The maximum absolute atomic E-state index is 6.18. The minimum atomic E-state index is -2.07. The first-order valence-corrected chi connectivity index (χ1v) is 12.9. The highest BCUT2D eigenvalue weighted by Crippen LogP contribution is 2.18. The van der Waals surface area contributed by atoms with Crippen LogP contribution in [0.1, 0.15) is 33.1 Å². The van der Waals surface area contributed by atoms with E-state index in [-0.39, 0.29) is 0 Å². The summed E-state index contributed by atoms with van der Waals surface area (Å²) in [4.78, 5) is 0. The Hall–Kier alpha value is 0.0538. The maximum atomic E-state index is 6.18. The quantitative estimate of drug-likeness (QED) is 0.320. The molecule has 0 atom stereocenters. The van der Waals surface area contributed by atoms with E-state index in [1.807, 2.05) is 6.08 Å². The highest BCUT2D eigenvalue weighted by molar-refractivity contribution is 6.78. The van der Waals surface area contributed by atoms with Crippen molar-refractivity contribution >= 4 is 17.1 Å². The predicted molar refractivity (Wildman–Crippen MR) is 86.8 cm³/mol. The lowest BCUT2D eigenvalue weighted by molar-refractivity contribution is 0.193. The fourth-order valence-electron chi connectivity index (χ4n) is 1.85. The highest BCUT2D eigenvalue weighted by Gasteiger charge is 2.36. The Kier molecular flexibility index (Phi) is 9.10. The predicted octanol–water partition coefficient (Wildman–Crippen LogP) is 4.45. The molecule has 0 aliphatic carbocycles. The number of rotatable bonds is 11. The van der Waals surface area contributed by atoms with Crippen molar-refractivity contribution in [1.82, 2.24) is 0 Å². The Morgan fingerprint density at radius 1 is 1.00 bits per heavy atom. The van der Waals surface area contributed by atoms with Crippen LogP contribution < -0.4 is 0 Å². The number of hydrogen-bond donors (Lipinski definition) is 0. The molecular formula is C14H32O3Si2. The van der Waals surface area contributed by atoms with E-state index < -0.39 is 17.1 Å². The molecule has 0 fully saturated rings. The Morgan fingerprint density at radius 2 is 1.53 bits per heavy atom. The van der Waals surface area contributed by atoms with E-state index in [4.69, 9.17) is 13.0 Å². The van der Waals surface area contributed by atoms with E-state index in [1.54, 1.807) is 0 Å². The fourth-order valence-corrected chi connectivity index (χ4v) is 8.30. The molecule has 19 heavy (non-hydrogen) atoms. The third-order valence-corrected chi connectivity index (χ3v) is 8.37. The van der Waals surface area contributed by atoms with Gasteiger partial charge in [0.05, 0.1) is 0 Å². The van der Waals surface area contributed by atoms with Gasteiger partial charge in [0.1, 0.15) is 0 Å². The smallest absolute Gasteiger partial charge is 0.322 e. The van der Waals surface area contributed by atoms with Gasteiger partial charge in [-0.2, -0.15) is 0 Å². The summed E-state index contributed by atoms with van der Waals surface area (Å²) in [6.07, 6.45) is 5.06. The first-order valence-electron chi connectivity index (χ1n) is 7.27. The second-order valence-corrected chi connectivity index (χ2v) is 13.2. The van der Waals surface area contributed by atoms with Crippen LogP contribution in [0.15, 0.2) is 12.7 Å². The summed E-state index contributed by atoms with van der Waals surface area (Å²) in [6.45, 7) is 18.1. The Balaban J connectivity index is 4.00. The monoisotopic (exact) mass is 304 g/mol. The van der Waals surface area contributed by atoms with Crippen molar-refractivity contribution in [3.8, 4) is 0 Å². The van der Waals surface area contributed by atoms with Gasteiger partial charge in [-0.1, -0.05) is 19.9 Å². The van der Waals surface area contributed by atoms with Crippen LogP contribution in [-0.2, 0) is 13.0 Å². The van der Waals surface area contributed by atoms with Gasteiger partial charge in [0.15, 0.2) is 0 Å². The lowest BCUT2D eigenvalue weighted by Gasteiger charge is -2.32. The molecule has 0 aliphatic heterocycles. The standard InChI is InChI=1S/C14H32O3Si2/c1-8-9-12-15-18(4,5)17-19(6,7)16-13-10-11-14(2)3/h8,14H,1,9-13H2,2-7H3. The zero-order valence-electron chi connectivity index (χ0n) is 13.6. The zero-order chi connectivity index (χ0) is 14.9. The van der Waals surface area contributed by atoms with Crippen LogP contribution in [0.5, 0.6) is 0 Å². The average molecular weight is 305 g/mol. The van der Waals surface area contributed by atoms with Crippen LogP contribution in [0.3, 0.4) is 0 Å². The normalized spacial score (nSPS) is 13.0. The lowest BCUT2D eigenvalue weighted by atomic mass is 10.1. The summed E-state index contributed by atoms with van der Waals surface area (Å²) >= 11 is 0. The molecule has 0 aromatic rings. The largest absolute Gasteiger partial charge is 0.415 e. The first-order chi connectivity index (χ1) is 8.68. The zero-order valence-corrected chi connectivity index (χ0v) is 15.6. The van der Waals surface area contributed by atoms with E-state index >= 15 is 0 Å². The molecule has 0 unspecified atom stereocenters. The minimum Gasteiger partial charge on any atom is -0.415 e. The van der Waals surface area contributed by atoms with Gasteiger partial charge in [0, 0.05) is 13.2 Å². The van der Waals surface area contributed by atoms with Crippen LogP contribution in [0, 0.1) is 5.92 Å². The lowest BCUT2D eigenvalue weighted by Crippen LogP contribution is -2.48. The second-order valence-electron chi connectivity index (χ2n) is 6.21. The van der Waals surface area contributed by atoms with Crippen molar-refractivity contribution < 1.29 is 13.0 Å². The van der Waals surface area contributed by atoms with Crippen molar-refractivity contribution in [3.05, 3.63) is 12.7 Å². The van der Waals surface area contributed by atoms with Crippen molar-refractivity contribution in [2.75, 3.05) is 13.2 Å². The van der Waals surface area contributed by atoms with Crippen LogP contribution in [0.25, 0.3) is 0 Å². The van der Waals surface area contributed by atoms with Gasteiger partial charge in [-0.05, 0) is 51.4 Å². The van der Waals surface area contributed by atoms with Gasteiger partial charge in [-0.15, -0.1) is 6.58 Å². The molecule has 114 valence electrons. The Labute approximate surface area is 121 Å². The fraction of sp³-hybridized carbons (Fsp3) is 0.857. The number of hydrogen-bond acceptors (Lipinski definition) is 3. The summed E-state index contributed by atoms with van der Waals surface area (Å²) in [6, 6.07) is 0. The molecule has 0 saturated carbocycles. The van der Waals surface area contributed by atoms with Gasteiger partial charge in [-0.25, -0.2) is 0 Å². The SMILES string of the molecule is C=CCCO[Si](C)(C)O[Si](C)(C)OCCCC(C)C. The second kappa shape index (κ2) is 9.07. The topological polar surface area (TPSA) is 27.7 Å². The van der Waals surface area contributed by atoms with Gasteiger partial charge < -0.3 is 13.0 Å². The van der Waals surface area contributed by atoms with Crippen molar-refractivity contribution in [2.24, 2.45) is 5.92 Å². The van der Waals surface area contributed by atoms with E-state index in [1.165, 1.54) is 6.42 Å². The molecule has 0 N–H and O–H groups in total. The van der Waals surface area contributed by atoms with E-state index in [2.05, 4.69) is 46.6 Å². The van der Waals surface area contributed by atoms with Gasteiger partial charge in [0.2, 0.25) is 0 Å². The van der Waals surface area contributed by atoms with Gasteiger partial charge in [0.25, 0.3) is 0 Å². The summed E-state index contributed by atoms with van der Waals surface area (Å²) in [5, 5.41) is 0. The van der Waals surface area contributed by atoms with Crippen LogP contribution >= 0.6 is 0 Å². The molecule has 0 bridgehead atoms. The summed E-state index contributed by atoms with van der Waals surface area (Å²) < 4.78 is 18.0. The summed E-state index contributed by atoms with van der Waals surface area (Å²) in [5.74, 6) is 0.738. The molecule has 3 nitrogen and oxygen atoms in total. The Bertz CT molecular complexity index is 253. The molecule has 0 rings (SSSR count). The van der Waals surface area contributed by atoms with Crippen LogP contribution in [0.4, 0.5) is 0 Å². The maximum Gasteiger partial charge on any atom is 0.322 e. The van der Waals surface area contributed by atoms with Crippen molar-refractivity contribution in [3.63, 3.8) is 0 Å². The molecular weight excluding hydrogens is 272 g/mol. The van der Waals surface area contributed by atoms with Crippen LogP contribution in [-0.4, -0.2) is 30.3 Å². The molecule has 0 heterocycles. The molecule has 0 spiro atoms. The molecule has 0 aliphatic rings. The van der Waals surface area contributed by atoms with Gasteiger partial charge >= 0.3 is 17.1 Å². The summed E-state index contributed by atoms with van der Waals surface area (Å²) in [7, 11) is -4.13. The van der Waals surface area contributed by atoms with Crippen molar-refractivity contribution in [1.29, 1.82) is 0 Å². The first kappa shape index (κ1) is 19.1. The Morgan fingerprint density at radius 3 is 2.00 bits per heavy atom. The van der Waals surface area contributed by atoms with Crippen molar-refractivity contribution in [2.45, 2.75) is 59.3 Å².